The molecule has 66 valence electrons. The zero-order valence-electron chi connectivity index (χ0n) is 6.64. The molecule has 0 spiro atoms. The number of carbonyl (C=O) groups is 1. The van der Waals surface area contributed by atoms with Crippen LogP contribution in [0.25, 0.3) is 5.52 Å². The van der Waals surface area contributed by atoms with Crippen LogP contribution in [0.5, 0.6) is 0 Å². The number of nitrogens with zero attached hydrogens (tertiary/aromatic N) is 2. The SMILES string of the molecule is Nc1ccn2nc(C(=O)O)cc2c1. The van der Waals surface area contributed by atoms with Gasteiger partial charge in [-0.2, -0.15) is 5.10 Å². The number of nitrogen functional groups attached to an aromatic ring is 1. The summed E-state index contributed by atoms with van der Waals surface area (Å²) in [7, 11) is 0. The van der Waals surface area contributed by atoms with Crippen LogP contribution in [0.3, 0.4) is 0 Å². The minimum absolute atomic E-state index is 0.0191. The Morgan fingerprint density at radius 2 is 2.31 bits per heavy atom. The second kappa shape index (κ2) is 2.48. The fourth-order valence-corrected chi connectivity index (χ4v) is 1.12. The first-order chi connectivity index (χ1) is 6.16. The van der Waals surface area contributed by atoms with Gasteiger partial charge in [0.15, 0.2) is 5.69 Å². The Morgan fingerprint density at radius 1 is 1.54 bits per heavy atom. The van der Waals surface area contributed by atoms with E-state index in [0.29, 0.717) is 11.2 Å². The standard InChI is InChI=1S/C8H7N3O2/c9-5-1-2-11-6(3-5)4-7(10-11)8(12)13/h1-4H,9H2,(H,12,13). The molecule has 0 radical (unpaired) electrons. The molecule has 13 heavy (non-hydrogen) atoms. The van der Waals surface area contributed by atoms with Crippen LogP contribution in [-0.2, 0) is 0 Å². The quantitative estimate of drug-likeness (QED) is 0.668. The molecule has 0 amide bonds. The number of carboxylic acids is 1. The minimum Gasteiger partial charge on any atom is -0.476 e. The topological polar surface area (TPSA) is 80.6 Å². The highest BCUT2D eigenvalue weighted by atomic mass is 16.4. The third kappa shape index (κ3) is 1.20. The Bertz CT molecular complexity index is 475. The predicted octanol–water partition coefficient (Wildman–Crippen LogP) is 0.615. The van der Waals surface area contributed by atoms with Crippen molar-refractivity contribution in [3.63, 3.8) is 0 Å². The first kappa shape index (κ1) is 7.60. The smallest absolute Gasteiger partial charge is 0.356 e. The van der Waals surface area contributed by atoms with Gasteiger partial charge in [-0.1, -0.05) is 0 Å². The molecule has 2 heterocycles. The molecule has 0 aromatic carbocycles. The summed E-state index contributed by atoms with van der Waals surface area (Å²) in [5, 5.41) is 12.5. The number of fused-ring (bicyclic) bond motifs is 1. The lowest BCUT2D eigenvalue weighted by Crippen LogP contribution is -1.97. The van der Waals surface area contributed by atoms with Crippen LogP contribution in [0, 0.1) is 0 Å². The maximum atomic E-state index is 10.5. The molecule has 0 aliphatic heterocycles. The van der Waals surface area contributed by atoms with Gasteiger partial charge in [0, 0.05) is 11.9 Å². The van der Waals surface area contributed by atoms with Crippen molar-refractivity contribution >= 4 is 17.2 Å². The average Bonchev–Trinajstić information content (AvgIpc) is 2.46. The van der Waals surface area contributed by atoms with E-state index >= 15 is 0 Å². The maximum absolute atomic E-state index is 10.5. The fourth-order valence-electron chi connectivity index (χ4n) is 1.12. The Labute approximate surface area is 73.4 Å². The van der Waals surface area contributed by atoms with Gasteiger partial charge in [-0.3, -0.25) is 0 Å². The summed E-state index contributed by atoms with van der Waals surface area (Å²) in [6.45, 7) is 0. The lowest BCUT2D eigenvalue weighted by Gasteiger charge is -1.92. The Hall–Kier alpha value is -2.04. The number of hydrogen-bond donors (Lipinski definition) is 2. The lowest BCUT2D eigenvalue weighted by molar-refractivity contribution is 0.0690. The summed E-state index contributed by atoms with van der Waals surface area (Å²) >= 11 is 0. The van der Waals surface area contributed by atoms with Gasteiger partial charge in [0.05, 0.1) is 5.52 Å². The van der Waals surface area contributed by atoms with Crippen molar-refractivity contribution in [3.05, 3.63) is 30.1 Å². The average molecular weight is 177 g/mol. The van der Waals surface area contributed by atoms with Crippen LogP contribution in [0.15, 0.2) is 24.4 Å². The van der Waals surface area contributed by atoms with Crippen molar-refractivity contribution in [3.8, 4) is 0 Å². The summed E-state index contributed by atoms with van der Waals surface area (Å²) in [5.41, 5.74) is 6.81. The van der Waals surface area contributed by atoms with Crippen LogP contribution in [-0.4, -0.2) is 20.7 Å². The zero-order chi connectivity index (χ0) is 9.42. The highest BCUT2D eigenvalue weighted by Gasteiger charge is 2.07. The van der Waals surface area contributed by atoms with Gasteiger partial charge in [0.2, 0.25) is 0 Å². The summed E-state index contributed by atoms with van der Waals surface area (Å²) in [5.74, 6) is -1.04. The maximum Gasteiger partial charge on any atom is 0.356 e. The van der Waals surface area contributed by atoms with Gasteiger partial charge in [-0.05, 0) is 18.2 Å². The molecular weight excluding hydrogens is 170 g/mol. The largest absolute Gasteiger partial charge is 0.476 e. The normalized spacial score (nSPS) is 10.5. The van der Waals surface area contributed by atoms with E-state index in [1.165, 1.54) is 10.6 Å². The van der Waals surface area contributed by atoms with E-state index in [4.69, 9.17) is 10.8 Å². The molecule has 2 aromatic rings. The molecule has 3 N–H and O–H groups in total. The highest BCUT2D eigenvalue weighted by molar-refractivity contribution is 5.87. The van der Waals surface area contributed by atoms with Crippen molar-refractivity contribution < 1.29 is 9.90 Å². The fraction of sp³-hybridized carbons (Fsp3) is 0. The number of carboxylic acid groups (broad SMARTS) is 1. The number of nitrogens with two attached hydrogens (primary N) is 1. The van der Waals surface area contributed by atoms with E-state index in [1.54, 1.807) is 18.3 Å². The molecule has 2 rings (SSSR count). The van der Waals surface area contributed by atoms with Gasteiger partial charge in [0.1, 0.15) is 0 Å². The van der Waals surface area contributed by atoms with Crippen LogP contribution in [0.1, 0.15) is 10.5 Å². The van der Waals surface area contributed by atoms with E-state index < -0.39 is 5.97 Å². The number of rotatable bonds is 1. The third-order valence-corrected chi connectivity index (χ3v) is 1.71. The molecule has 0 saturated carbocycles. The van der Waals surface area contributed by atoms with Crippen molar-refractivity contribution in [2.75, 3.05) is 5.73 Å². The first-order valence-electron chi connectivity index (χ1n) is 3.65. The first-order valence-corrected chi connectivity index (χ1v) is 3.65. The molecule has 2 aromatic heterocycles. The van der Waals surface area contributed by atoms with Gasteiger partial charge >= 0.3 is 5.97 Å². The lowest BCUT2D eigenvalue weighted by atomic mass is 10.3. The van der Waals surface area contributed by atoms with Crippen LogP contribution < -0.4 is 5.73 Å². The van der Waals surface area contributed by atoms with Gasteiger partial charge in [-0.15, -0.1) is 0 Å². The molecular formula is C8H7N3O2. The molecule has 0 bridgehead atoms. The minimum atomic E-state index is -1.04. The monoisotopic (exact) mass is 177 g/mol. The molecule has 0 unspecified atom stereocenters. The van der Waals surface area contributed by atoms with Crippen LogP contribution in [0.2, 0.25) is 0 Å². The van der Waals surface area contributed by atoms with E-state index in [0.717, 1.165) is 0 Å². The molecule has 5 nitrogen and oxygen atoms in total. The summed E-state index contributed by atoms with van der Waals surface area (Å²) < 4.78 is 1.47. The summed E-state index contributed by atoms with van der Waals surface area (Å²) in [4.78, 5) is 10.5. The summed E-state index contributed by atoms with van der Waals surface area (Å²) in [6, 6.07) is 4.80. The molecule has 0 saturated heterocycles. The second-order valence-corrected chi connectivity index (χ2v) is 2.66. The van der Waals surface area contributed by atoms with Crippen LogP contribution >= 0.6 is 0 Å². The zero-order valence-corrected chi connectivity index (χ0v) is 6.64. The van der Waals surface area contributed by atoms with Gasteiger partial charge in [0.25, 0.3) is 0 Å². The number of aromatic nitrogens is 2. The van der Waals surface area contributed by atoms with E-state index in [-0.39, 0.29) is 5.69 Å². The molecule has 0 atom stereocenters. The number of anilines is 1. The molecule has 0 aliphatic carbocycles. The Kier molecular flexibility index (Phi) is 1.45. The third-order valence-electron chi connectivity index (χ3n) is 1.71. The van der Waals surface area contributed by atoms with Crippen LogP contribution in [0.4, 0.5) is 5.69 Å². The van der Waals surface area contributed by atoms with Crippen molar-refractivity contribution in [2.24, 2.45) is 0 Å². The predicted molar refractivity (Wildman–Crippen MR) is 46.6 cm³/mol. The number of aromatic carboxylic acids is 1. The molecule has 5 heteroatoms. The highest BCUT2D eigenvalue weighted by Crippen LogP contribution is 2.10. The van der Waals surface area contributed by atoms with E-state index in [9.17, 15) is 4.79 Å². The number of hydrogen-bond acceptors (Lipinski definition) is 3. The van der Waals surface area contributed by atoms with E-state index in [2.05, 4.69) is 5.10 Å². The molecule has 0 aliphatic rings. The number of pyridine rings is 1. The second-order valence-electron chi connectivity index (χ2n) is 2.66. The van der Waals surface area contributed by atoms with Gasteiger partial charge in [-0.25, -0.2) is 9.31 Å². The Balaban J connectivity index is 2.68. The Morgan fingerprint density at radius 3 is 3.00 bits per heavy atom. The summed E-state index contributed by atoms with van der Waals surface area (Å²) in [6.07, 6.45) is 1.62. The van der Waals surface area contributed by atoms with Gasteiger partial charge < -0.3 is 10.8 Å². The van der Waals surface area contributed by atoms with Crippen molar-refractivity contribution in [2.45, 2.75) is 0 Å². The van der Waals surface area contributed by atoms with Crippen molar-refractivity contribution in [1.29, 1.82) is 0 Å². The van der Waals surface area contributed by atoms with Crippen molar-refractivity contribution in [1.82, 2.24) is 9.61 Å². The van der Waals surface area contributed by atoms with E-state index in [1.807, 2.05) is 0 Å². The molecule has 0 fully saturated rings.